The van der Waals surface area contributed by atoms with E-state index in [0.717, 1.165) is 11.3 Å². The van der Waals surface area contributed by atoms with Crippen LogP contribution >= 0.6 is 11.3 Å². The van der Waals surface area contributed by atoms with E-state index in [1.54, 1.807) is 36.1 Å². The molecule has 0 radical (unpaired) electrons. The zero-order chi connectivity index (χ0) is 22.7. The number of esters is 2. The number of piperidine rings is 1. The molecular weight excluding hydrogens is 437 g/mol. The van der Waals surface area contributed by atoms with Gasteiger partial charge >= 0.3 is 11.9 Å². The molecule has 2 aromatic heterocycles. The van der Waals surface area contributed by atoms with E-state index in [-0.39, 0.29) is 41.7 Å². The SMILES string of the molecule is CCOC(=O)c1sc2cccc(F)c2c1COC(=O)C1CCCN(C(=O)c2ccco2)C1. The predicted octanol–water partition coefficient (Wildman–Crippen LogP) is 4.41. The zero-order valence-electron chi connectivity index (χ0n) is 17.5. The fourth-order valence-corrected chi connectivity index (χ4v) is 4.95. The molecule has 1 unspecified atom stereocenters. The van der Waals surface area contributed by atoms with Crippen LogP contribution in [0, 0.1) is 11.7 Å². The van der Waals surface area contributed by atoms with Gasteiger partial charge in [-0.3, -0.25) is 9.59 Å². The molecule has 1 aliphatic rings. The van der Waals surface area contributed by atoms with Crippen LogP contribution in [0.15, 0.2) is 41.0 Å². The number of halogens is 1. The normalized spacial score (nSPS) is 16.2. The lowest BCUT2D eigenvalue weighted by Gasteiger charge is -2.31. The van der Waals surface area contributed by atoms with Gasteiger partial charge in [0.1, 0.15) is 17.3 Å². The summed E-state index contributed by atoms with van der Waals surface area (Å²) in [6, 6.07) is 7.78. The zero-order valence-corrected chi connectivity index (χ0v) is 18.3. The van der Waals surface area contributed by atoms with Crippen molar-refractivity contribution in [1.29, 1.82) is 0 Å². The Labute approximate surface area is 187 Å². The molecule has 1 aromatic carbocycles. The lowest BCUT2D eigenvalue weighted by atomic mass is 9.98. The van der Waals surface area contributed by atoms with Crippen molar-refractivity contribution < 1.29 is 32.7 Å². The average molecular weight is 459 g/mol. The minimum atomic E-state index is -0.577. The van der Waals surface area contributed by atoms with Crippen LogP contribution in [0.2, 0.25) is 0 Å². The van der Waals surface area contributed by atoms with E-state index in [2.05, 4.69) is 0 Å². The molecule has 1 amide bonds. The van der Waals surface area contributed by atoms with Crippen molar-refractivity contribution in [3.8, 4) is 0 Å². The smallest absolute Gasteiger partial charge is 0.348 e. The first-order chi connectivity index (χ1) is 15.5. The first-order valence-electron chi connectivity index (χ1n) is 10.4. The minimum absolute atomic E-state index is 0.177. The van der Waals surface area contributed by atoms with Gasteiger partial charge in [0, 0.05) is 28.7 Å². The maximum absolute atomic E-state index is 14.5. The highest BCUT2D eigenvalue weighted by Gasteiger charge is 2.31. The first kappa shape index (κ1) is 22.0. The van der Waals surface area contributed by atoms with Crippen LogP contribution in [0.5, 0.6) is 0 Å². The van der Waals surface area contributed by atoms with Crippen molar-refractivity contribution >= 4 is 39.3 Å². The molecular formula is C23H22FNO6S. The average Bonchev–Trinajstić information content (AvgIpc) is 3.46. The third kappa shape index (κ3) is 4.38. The number of rotatable bonds is 6. The number of carbonyl (C=O) groups excluding carboxylic acids is 3. The number of nitrogens with zero attached hydrogens (tertiary/aromatic N) is 1. The van der Waals surface area contributed by atoms with Crippen molar-refractivity contribution in [1.82, 2.24) is 4.90 Å². The molecule has 1 saturated heterocycles. The number of furan rings is 1. The molecule has 9 heteroatoms. The molecule has 0 aliphatic carbocycles. The lowest BCUT2D eigenvalue weighted by Crippen LogP contribution is -2.42. The Bertz CT molecular complexity index is 1140. The van der Waals surface area contributed by atoms with Crippen molar-refractivity contribution in [2.45, 2.75) is 26.4 Å². The molecule has 0 bridgehead atoms. The lowest BCUT2D eigenvalue weighted by molar-refractivity contribution is -0.151. The fourth-order valence-electron chi connectivity index (χ4n) is 3.84. The Balaban J connectivity index is 1.49. The van der Waals surface area contributed by atoms with Crippen LogP contribution in [0.3, 0.4) is 0 Å². The molecule has 32 heavy (non-hydrogen) atoms. The Morgan fingerprint density at radius 3 is 2.81 bits per heavy atom. The molecule has 0 N–H and O–H groups in total. The van der Waals surface area contributed by atoms with Crippen molar-refractivity contribution in [3.63, 3.8) is 0 Å². The van der Waals surface area contributed by atoms with Crippen molar-refractivity contribution in [2.75, 3.05) is 19.7 Å². The Morgan fingerprint density at radius 1 is 1.22 bits per heavy atom. The number of hydrogen-bond donors (Lipinski definition) is 0. The summed E-state index contributed by atoms with van der Waals surface area (Å²) in [5.41, 5.74) is 0.300. The van der Waals surface area contributed by atoms with Gasteiger partial charge in [0.05, 0.1) is 18.8 Å². The number of thiophene rings is 1. The van der Waals surface area contributed by atoms with Gasteiger partial charge in [0.25, 0.3) is 5.91 Å². The summed E-state index contributed by atoms with van der Waals surface area (Å²) in [5.74, 6) is -2.13. The van der Waals surface area contributed by atoms with Crippen LogP contribution in [0.25, 0.3) is 10.1 Å². The molecule has 1 fully saturated rings. The number of benzene rings is 1. The summed E-state index contributed by atoms with van der Waals surface area (Å²) < 4.78 is 30.9. The molecule has 0 saturated carbocycles. The molecule has 4 rings (SSSR count). The molecule has 1 atom stereocenters. The maximum Gasteiger partial charge on any atom is 0.348 e. The standard InChI is InChI=1S/C23H22FNO6S/c1-2-29-23(28)20-15(19-16(24)7-3-9-18(19)32-20)13-31-22(27)14-6-4-10-25(12-14)21(26)17-8-5-11-30-17/h3,5,7-9,11,14H,2,4,6,10,12-13H2,1H3. The highest BCUT2D eigenvalue weighted by molar-refractivity contribution is 7.21. The summed E-state index contributed by atoms with van der Waals surface area (Å²) in [7, 11) is 0. The van der Waals surface area contributed by atoms with E-state index in [0.29, 0.717) is 29.6 Å². The summed E-state index contributed by atoms with van der Waals surface area (Å²) in [6.45, 7) is 2.34. The second kappa shape index (κ2) is 9.52. The Morgan fingerprint density at radius 2 is 2.06 bits per heavy atom. The summed E-state index contributed by atoms with van der Waals surface area (Å²) >= 11 is 1.11. The molecule has 3 heterocycles. The third-order valence-corrected chi connectivity index (χ3v) is 6.53. The van der Waals surface area contributed by atoms with E-state index in [1.807, 2.05) is 0 Å². The molecule has 3 aromatic rings. The Hall–Kier alpha value is -3.20. The fraction of sp³-hybridized carbons (Fsp3) is 0.348. The van der Waals surface area contributed by atoms with Gasteiger partial charge in [-0.05, 0) is 44.0 Å². The van der Waals surface area contributed by atoms with Crippen LogP contribution < -0.4 is 0 Å². The number of ether oxygens (including phenoxy) is 2. The van der Waals surface area contributed by atoms with E-state index in [4.69, 9.17) is 13.9 Å². The van der Waals surface area contributed by atoms with Crippen molar-refractivity contribution in [3.05, 3.63) is 58.6 Å². The summed E-state index contributed by atoms with van der Waals surface area (Å²) in [6.07, 6.45) is 2.65. The Kier molecular flexibility index (Phi) is 6.55. The number of amides is 1. The first-order valence-corrected chi connectivity index (χ1v) is 11.2. The van der Waals surface area contributed by atoms with Gasteiger partial charge in [-0.1, -0.05) is 6.07 Å². The summed E-state index contributed by atoms with van der Waals surface area (Å²) in [5, 5.41) is 0.256. The van der Waals surface area contributed by atoms with Gasteiger partial charge in [0.15, 0.2) is 5.76 Å². The van der Waals surface area contributed by atoms with E-state index in [9.17, 15) is 18.8 Å². The predicted molar refractivity (Wildman–Crippen MR) is 115 cm³/mol. The molecule has 1 aliphatic heterocycles. The van der Waals surface area contributed by atoms with Gasteiger partial charge in [-0.2, -0.15) is 0 Å². The molecule has 7 nitrogen and oxygen atoms in total. The van der Waals surface area contributed by atoms with E-state index < -0.39 is 23.7 Å². The van der Waals surface area contributed by atoms with E-state index in [1.165, 1.54) is 12.3 Å². The van der Waals surface area contributed by atoms with E-state index >= 15 is 0 Å². The van der Waals surface area contributed by atoms with Crippen LogP contribution in [-0.2, 0) is 20.9 Å². The number of carbonyl (C=O) groups is 3. The topological polar surface area (TPSA) is 86.0 Å². The second-order valence-corrected chi connectivity index (χ2v) is 8.47. The summed E-state index contributed by atoms with van der Waals surface area (Å²) in [4.78, 5) is 39.5. The largest absolute Gasteiger partial charge is 0.462 e. The van der Waals surface area contributed by atoms with Gasteiger partial charge in [0.2, 0.25) is 0 Å². The quantitative estimate of drug-likeness (QED) is 0.508. The number of fused-ring (bicyclic) bond motifs is 1. The van der Waals surface area contributed by atoms with Gasteiger partial charge in [-0.25, -0.2) is 9.18 Å². The molecule has 0 spiro atoms. The second-order valence-electron chi connectivity index (χ2n) is 7.42. The molecule has 168 valence electrons. The highest BCUT2D eigenvalue weighted by Crippen LogP contribution is 2.34. The highest BCUT2D eigenvalue weighted by atomic mass is 32.1. The number of hydrogen-bond acceptors (Lipinski definition) is 7. The number of likely N-dealkylation sites (tertiary alicyclic amines) is 1. The van der Waals surface area contributed by atoms with Crippen LogP contribution in [0.1, 0.15) is 45.6 Å². The van der Waals surface area contributed by atoms with Gasteiger partial charge in [-0.15, -0.1) is 11.3 Å². The van der Waals surface area contributed by atoms with Crippen LogP contribution in [-0.4, -0.2) is 42.4 Å². The minimum Gasteiger partial charge on any atom is -0.462 e. The van der Waals surface area contributed by atoms with Crippen molar-refractivity contribution in [2.24, 2.45) is 5.92 Å². The van der Waals surface area contributed by atoms with Crippen LogP contribution in [0.4, 0.5) is 4.39 Å². The maximum atomic E-state index is 14.5. The monoisotopic (exact) mass is 459 g/mol. The van der Waals surface area contributed by atoms with Gasteiger partial charge < -0.3 is 18.8 Å². The third-order valence-electron chi connectivity index (χ3n) is 5.36.